The zero-order valence-corrected chi connectivity index (χ0v) is 12.2. The minimum atomic E-state index is -1.16. The molecule has 0 amide bonds. The fraction of sp³-hybridized carbons (Fsp3) is 0.308. The van der Waals surface area contributed by atoms with Gasteiger partial charge in [0, 0.05) is 0 Å². The number of carbonyl (C=O) groups is 3. The topological polar surface area (TPSA) is 95.7 Å². The highest BCUT2D eigenvalue weighted by molar-refractivity contribution is 9.09. The molecule has 0 aromatic heterocycles. The summed E-state index contributed by atoms with van der Waals surface area (Å²) in [6.45, 7) is 0.0722. The van der Waals surface area contributed by atoms with Crippen LogP contribution < -0.4 is 5.73 Å². The summed E-state index contributed by atoms with van der Waals surface area (Å²) in [5, 5.41) is -0.105. The smallest absolute Gasteiger partial charge is 0.324 e. The van der Waals surface area contributed by atoms with E-state index in [9.17, 15) is 14.4 Å². The van der Waals surface area contributed by atoms with Crippen LogP contribution in [0.1, 0.15) is 12.0 Å². The lowest BCUT2D eigenvalue weighted by molar-refractivity contribution is -0.160. The monoisotopic (exact) mass is 343 g/mol. The predicted molar refractivity (Wildman–Crippen MR) is 73.7 cm³/mol. The first-order valence-electron chi connectivity index (χ1n) is 5.78. The van der Waals surface area contributed by atoms with Crippen LogP contribution in [-0.2, 0) is 30.5 Å². The number of ether oxygens (including phenoxy) is 2. The van der Waals surface area contributed by atoms with Crippen LogP contribution >= 0.6 is 15.9 Å². The van der Waals surface area contributed by atoms with Gasteiger partial charge in [-0.25, -0.2) is 0 Å². The van der Waals surface area contributed by atoms with E-state index in [0.717, 1.165) is 5.56 Å². The van der Waals surface area contributed by atoms with Gasteiger partial charge in [-0.05, 0) is 5.56 Å². The molecule has 20 heavy (non-hydrogen) atoms. The molecular formula is C13H14BrNO5. The van der Waals surface area contributed by atoms with E-state index in [1.165, 1.54) is 0 Å². The van der Waals surface area contributed by atoms with Crippen molar-refractivity contribution in [3.8, 4) is 0 Å². The summed E-state index contributed by atoms with van der Waals surface area (Å²) in [6.07, 6.45) is -0.410. The third-order valence-electron chi connectivity index (χ3n) is 2.25. The Kier molecular flexibility index (Phi) is 6.89. The van der Waals surface area contributed by atoms with Crippen molar-refractivity contribution in [2.75, 3.05) is 5.33 Å². The standard InChI is InChI=1S/C13H14BrNO5/c14-7-12(17)20-11(16)6-10(15)13(18)19-8-9-4-2-1-3-5-9/h1-5,10H,6-8,15H2. The Morgan fingerprint density at radius 2 is 1.80 bits per heavy atom. The second-order valence-electron chi connectivity index (χ2n) is 3.88. The van der Waals surface area contributed by atoms with Gasteiger partial charge in [-0.1, -0.05) is 46.3 Å². The first-order valence-corrected chi connectivity index (χ1v) is 6.90. The van der Waals surface area contributed by atoms with Crippen LogP contribution in [0, 0.1) is 0 Å². The Morgan fingerprint density at radius 3 is 2.40 bits per heavy atom. The molecule has 0 fully saturated rings. The van der Waals surface area contributed by atoms with Crippen LogP contribution in [0.25, 0.3) is 0 Å². The quantitative estimate of drug-likeness (QED) is 0.468. The second-order valence-corrected chi connectivity index (χ2v) is 4.44. The van der Waals surface area contributed by atoms with Gasteiger partial charge in [0.25, 0.3) is 0 Å². The first kappa shape index (κ1) is 16.3. The molecule has 0 aliphatic heterocycles. The van der Waals surface area contributed by atoms with E-state index in [1.807, 2.05) is 18.2 Å². The Balaban J connectivity index is 2.35. The molecule has 0 aliphatic rings. The van der Waals surface area contributed by atoms with Crippen molar-refractivity contribution >= 4 is 33.8 Å². The first-order chi connectivity index (χ1) is 9.52. The van der Waals surface area contributed by atoms with Gasteiger partial charge in [-0.15, -0.1) is 0 Å². The average Bonchev–Trinajstić information content (AvgIpc) is 2.45. The summed E-state index contributed by atoms with van der Waals surface area (Å²) in [7, 11) is 0. The Labute approximate surface area is 124 Å². The van der Waals surface area contributed by atoms with E-state index < -0.39 is 30.4 Å². The van der Waals surface area contributed by atoms with Gasteiger partial charge in [0.2, 0.25) is 0 Å². The molecule has 7 heteroatoms. The van der Waals surface area contributed by atoms with Crippen molar-refractivity contribution in [3.63, 3.8) is 0 Å². The number of nitrogens with two attached hydrogens (primary N) is 1. The van der Waals surface area contributed by atoms with Gasteiger partial charge >= 0.3 is 17.9 Å². The molecule has 6 nitrogen and oxygen atoms in total. The SMILES string of the molecule is NC(CC(=O)OC(=O)CBr)C(=O)OCc1ccccc1. The maximum atomic E-state index is 11.6. The van der Waals surface area contributed by atoms with Crippen LogP contribution in [-0.4, -0.2) is 29.3 Å². The average molecular weight is 344 g/mol. The third-order valence-corrected chi connectivity index (χ3v) is 2.71. The summed E-state index contributed by atoms with van der Waals surface area (Å²) in [6, 6.07) is 7.89. The van der Waals surface area contributed by atoms with E-state index in [4.69, 9.17) is 10.5 Å². The minimum Gasteiger partial charge on any atom is -0.460 e. The number of esters is 3. The minimum absolute atomic E-state index is 0.0722. The zero-order valence-electron chi connectivity index (χ0n) is 10.6. The number of halogens is 1. The molecule has 1 aromatic carbocycles. The van der Waals surface area contributed by atoms with Crippen LogP contribution in [0.3, 0.4) is 0 Å². The van der Waals surface area contributed by atoms with Crippen molar-refractivity contribution in [1.29, 1.82) is 0 Å². The third kappa shape index (κ3) is 5.94. The summed E-state index contributed by atoms with van der Waals surface area (Å²) in [5.74, 6) is -2.32. The van der Waals surface area contributed by atoms with Crippen molar-refractivity contribution in [1.82, 2.24) is 0 Å². The fourth-order valence-corrected chi connectivity index (χ4v) is 1.41. The Bertz CT molecular complexity index is 477. The molecular weight excluding hydrogens is 330 g/mol. The van der Waals surface area contributed by atoms with Crippen molar-refractivity contribution in [2.24, 2.45) is 5.73 Å². The van der Waals surface area contributed by atoms with E-state index >= 15 is 0 Å². The fourth-order valence-electron chi connectivity index (χ4n) is 1.29. The predicted octanol–water partition coefficient (Wildman–Crippen LogP) is 0.912. The van der Waals surface area contributed by atoms with Crippen LogP contribution in [0.2, 0.25) is 0 Å². The Hall–Kier alpha value is -1.73. The molecule has 1 rings (SSSR count). The molecule has 0 spiro atoms. The van der Waals surface area contributed by atoms with Gasteiger partial charge in [-0.3, -0.25) is 14.4 Å². The number of carbonyl (C=O) groups excluding carboxylic acids is 3. The number of hydrogen-bond donors (Lipinski definition) is 1. The normalized spacial score (nSPS) is 11.5. The largest absolute Gasteiger partial charge is 0.460 e. The highest BCUT2D eigenvalue weighted by Crippen LogP contribution is 2.03. The zero-order chi connectivity index (χ0) is 15.0. The van der Waals surface area contributed by atoms with Gasteiger partial charge < -0.3 is 15.2 Å². The maximum Gasteiger partial charge on any atom is 0.324 e. The molecule has 2 N–H and O–H groups in total. The van der Waals surface area contributed by atoms with Crippen molar-refractivity contribution in [3.05, 3.63) is 35.9 Å². The highest BCUT2D eigenvalue weighted by atomic mass is 79.9. The molecule has 0 aliphatic carbocycles. The molecule has 108 valence electrons. The Morgan fingerprint density at radius 1 is 1.15 bits per heavy atom. The number of hydrogen-bond acceptors (Lipinski definition) is 6. The van der Waals surface area contributed by atoms with Gasteiger partial charge in [0.05, 0.1) is 6.42 Å². The van der Waals surface area contributed by atoms with Gasteiger partial charge in [-0.2, -0.15) is 0 Å². The van der Waals surface area contributed by atoms with Crippen LogP contribution in [0.15, 0.2) is 30.3 Å². The number of rotatable bonds is 6. The number of benzene rings is 1. The van der Waals surface area contributed by atoms with Crippen molar-refractivity contribution < 1.29 is 23.9 Å². The maximum absolute atomic E-state index is 11.6. The summed E-state index contributed by atoms with van der Waals surface area (Å²) < 4.78 is 9.33. The molecule has 0 saturated carbocycles. The van der Waals surface area contributed by atoms with Gasteiger partial charge in [0.1, 0.15) is 18.0 Å². The molecule has 0 radical (unpaired) electrons. The van der Waals surface area contributed by atoms with E-state index in [1.54, 1.807) is 12.1 Å². The lowest BCUT2D eigenvalue weighted by Gasteiger charge is -2.10. The highest BCUT2D eigenvalue weighted by Gasteiger charge is 2.21. The summed E-state index contributed by atoms with van der Waals surface area (Å²) >= 11 is 2.84. The lowest BCUT2D eigenvalue weighted by atomic mass is 10.2. The molecule has 1 unspecified atom stereocenters. The van der Waals surface area contributed by atoms with Crippen LogP contribution in [0.4, 0.5) is 0 Å². The molecule has 1 aromatic rings. The lowest BCUT2D eigenvalue weighted by Crippen LogP contribution is -2.35. The van der Waals surface area contributed by atoms with Crippen LogP contribution in [0.5, 0.6) is 0 Å². The summed E-state index contributed by atoms with van der Waals surface area (Å²) in [5.41, 5.74) is 6.31. The summed E-state index contributed by atoms with van der Waals surface area (Å²) in [4.78, 5) is 33.6. The van der Waals surface area contributed by atoms with Gasteiger partial charge in [0.15, 0.2) is 0 Å². The van der Waals surface area contributed by atoms with Crippen molar-refractivity contribution in [2.45, 2.75) is 19.1 Å². The second kappa shape index (κ2) is 8.44. The van der Waals surface area contributed by atoms with E-state index in [0.29, 0.717) is 0 Å². The number of alkyl halides is 1. The molecule has 0 bridgehead atoms. The molecule has 0 saturated heterocycles. The molecule has 1 atom stereocenters. The van der Waals surface area contributed by atoms with E-state index in [-0.39, 0.29) is 11.9 Å². The van der Waals surface area contributed by atoms with E-state index in [2.05, 4.69) is 20.7 Å². The molecule has 0 heterocycles.